The summed E-state index contributed by atoms with van der Waals surface area (Å²) in [4.78, 5) is 0. The average Bonchev–Trinajstić information content (AvgIpc) is 2.81. The van der Waals surface area contributed by atoms with Crippen LogP contribution in [0.3, 0.4) is 0 Å². The van der Waals surface area contributed by atoms with Crippen molar-refractivity contribution < 1.29 is 12.6 Å². The quantitative estimate of drug-likeness (QED) is 0.808. The molecule has 2 atom stereocenters. The van der Waals surface area contributed by atoms with Gasteiger partial charge in [-0.1, -0.05) is 42.5 Å². The smallest absolute Gasteiger partial charge is 0.264 e. The molecule has 2 aliphatic carbocycles. The molecule has 0 N–H and O–H groups in total. The van der Waals surface area contributed by atoms with Crippen LogP contribution >= 0.6 is 0 Å². The minimum Gasteiger partial charge on any atom is -0.270 e. The van der Waals surface area contributed by atoms with Gasteiger partial charge in [0.2, 0.25) is 0 Å². The van der Waals surface area contributed by atoms with Crippen molar-refractivity contribution in [2.45, 2.75) is 31.1 Å². The Balaban J connectivity index is 1.67. The first-order chi connectivity index (χ1) is 11.0. The topological polar surface area (TPSA) is 43.4 Å². The van der Waals surface area contributed by atoms with Gasteiger partial charge < -0.3 is 0 Å². The highest BCUT2D eigenvalue weighted by molar-refractivity contribution is 7.85. The van der Waals surface area contributed by atoms with Crippen LogP contribution in [0.5, 0.6) is 0 Å². The lowest BCUT2D eigenvalue weighted by molar-refractivity contribution is 0.325. The second-order valence-electron chi connectivity index (χ2n) is 6.58. The molecule has 0 aromatic heterocycles. The molecule has 0 radical (unpaired) electrons. The monoisotopic (exact) mass is 328 g/mol. The zero-order valence-electron chi connectivity index (χ0n) is 13.2. The van der Waals surface area contributed by atoms with Crippen molar-refractivity contribution in [1.82, 2.24) is 0 Å². The maximum Gasteiger partial charge on any atom is 0.264 e. The number of benzene rings is 2. The van der Waals surface area contributed by atoms with Crippen molar-refractivity contribution >= 4 is 10.1 Å². The van der Waals surface area contributed by atoms with Gasteiger partial charge in [0.25, 0.3) is 10.1 Å². The summed E-state index contributed by atoms with van der Waals surface area (Å²) in [5.74, 6) is 1.05. The standard InChI is InChI=1S/C19H20O3S/c1-23(20,21)22-10-9-13-6-4-8-17-18-12-15(19(13)17)11-14-5-2-3-7-16(14)18/h2-8,15,18H,9-12H2,1H3. The average molecular weight is 328 g/mol. The summed E-state index contributed by atoms with van der Waals surface area (Å²) in [5.41, 5.74) is 7.03. The van der Waals surface area contributed by atoms with Gasteiger partial charge in [-0.3, -0.25) is 4.18 Å². The maximum absolute atomic E-state index is 11.2. The molecule has 0 saturated carbocycles. The molecular formula is C19H20O3S. The van der Waals surface area contributed by atoms with Crippen LogP contribution in [0.4, 0.5) is 0 Å². The fourth-order valence-corrected chi connectivity index (χ4v) is 4.68. The first-order valence-corrected chi connectivity index (χ1v) is 9.88. The largest absolute Gasteiger partial charge is 0.270 e. The molecule has 3 nitrogen and oxygen atoms in total. The summed E-state index contributed by atoms with van der Waals surface area (Å²) in [5, 5.41) is 0. The van der Waals surface area contributed by atoms with Crippen molar-refractivity contribution in [3.8, 4) is 0 Å². The van der Waals surface area contributed by atoms with Crippen LogP contribution in [0.25, 0.3) is 0 Å². The minimum absolute atomic E-state index is 0.222. The summed E-state index contributed by atoms with van der Waals surface area (Å²) in [7, 11) is -3.37. The lowest BCUT2D eigenvalue weighted by Gasteiger charge is -2.23. The highest BCUT2D eigenvalue weighted by Gasteiger charge is 2.38. The summed E-state index contributed by atoms with van der Waals surface area (Å²) >= 11 is 0. The van der Waals surface area contributed by atoms with E-state index < -0.39 is 10.1 Å². The van der Waals surface area contributed by atoms with Gasteiger partial charge in [0, 0.05) is 5.92 Å². The molecule has 0 spiro atoms. The van der Waals surface area contributed by atoms with E-state index in [1.54, 1.807) is 0 Å². The van der Waals surface area contributed by atoms with Crippen molar-refractivity contribution in [2.75, 3.05) is 12.9 Å². The molecule has 23 heavy (non-hydrogen) atoms. The Bertz CT molecular complexity index is 855. The predicted octanol–water partition coefficient (Wildman–Crippen LogP) is 3.38. The van der Waals surface area contributed by atoms with E-state index in [9.17, 15) is 8.42 Å². The van der Waals surface area contributed by atoms with E-state index in [4.69, 9.17) is 4.18 Å². The van der Waals surface area contributed by atoms with E-state index in [2.05, 4.69) is 42.5 Å². The third-order valence-corrected chi connectivity index (χ3v) is 5.69. The molecule has 2 aromatic carbocycles. The van der Waals surface area contributed by atoms with E-state index in [0.29, 0.717) is 18.3 Å². The van der Waals surface area contributed by atoms with E-state index in [1.165, 1.54) is 34.2 Å². The molecular weight excluding hydrogens is 308 g/mol. The van der Waals surface area contributed by atoms with Gasteiger partial charge in [-0.15, -0.1) is 0 Å². The van der Waals surface area contributed by atoms with Crippen molar-refractivity contribution in [3.05, 3.63) is 70.3 Å². The fraction of sp³-hybridized carbons (Fsp3) is 0.368. The summed E-state index contributed by atoms with van der Waals surface area (Å²) < 4.78 is 27.3. The van der Waals surface area contributed by atoms with Crippen LogP contribution in [0.2, 0.25) is 0 Å². The van der Waals surface area contributed by atoms with Crippen molar-refractivity contribution in [2.24, 2.45) is 0 Å². The zero-order chi connectivity index (χ0) is 16.0. The van der Waals surface area contributed by atoms with Crippen LogP contribution in [0.1, 0.15) is 46.1 Å². The molecule has 2 aromatic rings. The predicted molar refractivity (Wildman–Crippen MR) is 90.3 cm³/mol. The van der Waals surface area contributed by atoms with Crippen LogP contribution in [0.15, 0.2) is 42.5 Å². The number of hydrogen-bond acceptors (Lipinski definition) is 3. The van der Waals surface area contributed by atoms with E-state index in [-0.39, 0.29) is 6.61 Å². The van der Waals surface area contributed by atoms with Gasteiger partial charge in [-0.2, -0.15) is 8.42 Å². The fourth-order valence-electron chi connectivity index (χ4n) is 4.29. The van der Waals surface area contributed by atoms with Gasteiger partial charge in [-0.25, -0.2) is 0 Å². The molecule has 0 fully saturated rings. The van der Waals surface area contributed by atoms with Gasteiger partial charge >= 0.3 is 0 Å². The highest BCUT2D eigenvalue weighted by atomic mass is 32.2. The molecule has 120 valence electrons. The highest BCUT2D eigenvalue weighted by Crippen LogP contribution is 2.52. The third-order valence-electron chi connectivity index (χ3n) is 5.10. The Kier molecular flexibility index (Phi) is 3.54. The second kappa shape index (κ2) is 5.46. The van der Waals surface area contributed by atoms with E-state index >= 15 is 0 Å². The zero-order valence-corrected chi connectivity index (χ0v) is 14.0. The van der Waals surface area contributed by atoms with Gasteiger partial charge in [0.05, 0.1) is 12.9 Å². The molecule has 2 aliphatic rings. The van der Waals surface area contributed by atoms with Crippen LogP contribution in [0, 0.1) is 0 Å². The lowest BCUT2D eigenvalue weighted by atomic mass is 9.81. The molecule has 0 amide bonds. The molecule has 2 unspecified atom stereocenters. The SMILES string of the molecule is CS(=O)(=O)OCCc1cccc2c1C1Cc3ccccc3C2C1. The van der Waals surface area contributed by atoms with Crippen LogP contribution in [-0.2, 0) is 27.1 Å². The molecule has 2 bridgehead atoms. The van der Waals surface area contributed by atoms with Gasteiger partial charge in [-0.05, 0) is 53.0 Å². The maximum atomic E-state index is 11.2. The number of fused-ring (bicyclic) bond motifs is 7. The molecule has 0 heterocycles. The molecule has 4 heteroatoms. The van der Waals surface area contributed by atoms with E-state index in [1.807, 2.05) is 0 Å². The third kappa shape index (κ3) is 2.70. The Morgan fingerprint density at radius 3 is 2.70 bits per heavy atom. The minimum atomic E-state index is -3.37. The van der Waals surface area contributed by atoms with Crippen molar-refractivity contribution in [3.63, 3.8) is 0 Å². The molecule has 4 rings (SSSR count). The van der Waals surface area contributed by atoms with Gasteiger partial charge in [0.1, 0.15) is 0 Å². The summed E-state index contributed by atoms with van der Waals surface area (Å²) in [6, 6.07) is 15.2. The Morgan fingerprint density at radius 2 is 1.87 bits per heavy atom. The lowest BCUT2D eigenvalue weighted by Crippen LogP contribution is -2.11. The summed E-state index contributed by atoms with van der Waals surface area (Å²) in [6.07, 6.45) is 4.02. The molecule has 0 saturated heterocycles. The Labute approximate surface area is 137 Å². The normalized spacial score (nSPS) is 21.8. The van der Waals surface area contributed by atoms with Crippen molar-refractivity contribution in [1.29, 1.82) is 0 Å². The number of hydrogen-bond donors (Lipinski definition) is 0. The van der Waals surface area contributed by atoms with Crippen LogP contribution < -0.4 is 0 Å². The summed E-state index contributed by atoms with van der Waals surface area (Å²) in [6.45, 7) is 0.222. The number of rotatable bonds is 4. The first kappa shape index (κ1) is 14.9. The first-order valence-electron chi connectivity index (χ1n) is 8.07. The Hall–Kier alpha value is -1.65. The second-order valence-corrected chi connectivity index (χ2v) is 8.23. The van der Waals surface area contributed by atoms with Crippen LogP contribution in [-0.4, -0.2) is 21.3 Å². The van der Waals surface area contributed by atoms with E-state index in [0.717, 1.165) is 12.7 Å². The Morgan fingerprint density at radius 1 is 1.09 bits per heavy atom. The van der Waals surface area contributed by atoms with Gasteiger partial charge in [0.15, 0.2) is 0 Å². The molecule has 0 aliphatic heterocycles.